The maximum atomic E-state index is 12.8. The van der Waals surface area contributed by atoms with Crippen molar-refractivity contribution >= 4 is 17.5 Å². The van der Waals surface area contributed by atoms with Crippen LogP contribution < -0.4 is 0 Å². The number of carbonyl (C=O) groups excluding carboxylic acids is 1. The minimum Gasteiger partial charge on any atom is -0.393 e. The molecule has 24 heavy (non-hydrogen) atoms. The first kappa shape index (κ1) is 16.9. The summed E-state index contributed by atoms with van der Waals surface area (Å²) in [5.41, 5.74) is 2.50. The minimum atomic E-state index is -0.389. The molecule has 1 fully saturated rings. The smallest absolute Gasteiger partial charge is 0.255 e. The van der Waals surface area contributed by atoms with Gasteiger partial charge in [-0.2, -0.15) is 0 Å². The molecular formula is C19H21ClN2O2. The summed E-state index contributed by atoms with van der Waals surface area (Å²) in [6, 6.07) is 11.2. The van der Waals surface area contributed by atoms with Gasteiger partial charge in [-0.25, -0.2) is 0 Å². The average molecular weight is 345 g/mol. The van der Waals surface area contributed by atoms with Crippen molar-refractivity contribution in [2.75, 3.05) is 13.1 Å². The van der Waals surface area contributed by atoms with Crippen LogP contribution in [0.25, 0.3) is 0 Å². The first-order chi connectivity index (χ1) is 11.5. The normalized spacial score (nSPS) is 20.9. The van der Waals surface area contributed by atoms with Crippen LogP contribution >= 0.6 is 11.6 Å². The molecule has 1 aliphatic rings. The number of aliphatic hydroxyl groups excluding tert-OH is 1. The summed E-state index contributed by atoms with van der Waals surface area (Å²) in [6.45, 7) is 2.97. The number of halogens is 1. The van der Waals surface area contributed by atoms with Gasteiger partial charge < -0.3 is 10.0 Å². The number of carbonyl (C=O) groups is 1. The maximum Gasteiger partial charge on any atom is 0.255 e. The van der Waals surface area contributed by atoms with Crippen molar-refractivity contribution in [2.24, 2.45) is 5.92 Å². The van der Waals surface area contributed by atoms with Crippen molar-refractivity contribution in [3.05, 3.63) is 64.4 Å². The third kappa shape index (κ3) is 3.77. The first-order valence-electron chi connectivity index (χ1n) is 8.18. The van der Waals surface area contributed by atoms with Crippen LogP contribution in [0.2, 0.25) is 5.02 Å². The van der Waals surface area contributed by atoms with E-state index >= 15 is 0 Å². The van der Waals surface area contributed by atoms with Crippen molar-refractivity contribution in [1.29, 1.82) is 0 Å². The van der Waals surface area contributed by atoms with E-state index in [-0.39, 0.29) is 17.9 Å². The molecule has 0 aliphatic carbocycles. The Balaban J connectivity index is 1.72. The van der Waals surface area contributed by atoms with Gasteiger partial charge in [0.05, 0.1) is 11.7 Å². The molecule has 0 radical (unpaired) electrons. The quantitative estimate of drug-likeness (QED) is 0.930. The number of rotatable bonds is 3. The van der Waals surface area contributed by atoms with Crippen molar-refractivity contribution in [2.45, 2.75) is 25.9 Å². The van der Waals surface area contributed by atoms with Gasteiger partial charge in [-0.3, -0.25) is 9.78 Å². The molecule has 1 aromatic heterocycles. The summed E-state index contributed by atoms with van der Waals surface area (Å²) in [7, 11) is 0. The molecule has 1 aromatic carbocycles. The lowest BCUT2D eigenvalue weighted by molar-refractivity contribution is 0.0240. The van der Waals surface area contributed by atoms with Crippen LogP contribution in [-0.2, 0) is 6.42 Å². The SMILES string of the molecule is Cc1ncccc1C(=O)N1CC[C@@H](O)[C@H](Cc2ccc(Cl)cc2)C1. The van der Waals surface area contributed by atoms with Crippen LogP contribution in [0, 0.1) is 12.8 Å². The second kappa shape index (κ2) is 7.32. The van der Waals surface area contributed by atoms with E-state index in [4.69, 9.17) is 11.6 Å². The van der Waals surface area contributed by atoms with E-state index in [1.165, 1.54) is 0 Å². The third-order valence-electron chi connectivity index (χ3n) is 4.63. The number of nitrogens with zero attached hydrogens (tertiary/aromatic N) is 2. The van der Waals surface area contributed by atoms with E-state index in [0.717, 1.165) is 17.7 Å². The number of aliphatic hydroxyl groups is 1. The van der Waals surface area contributed by atoms with Crippen molar-refractivity contribution < 1.29 is 9.90 Å². The lowest BCUT2D eigenvalue weighted by atomic mass is 9.88. The highest BCUT2D eigenvalue weighted by atomic mass is 35.5. The number of aryl methyl sites for hydroxylation is 1. The Bertz CT molecular complexity index is 718. The Morgan fingerprint density at radius 3 is 2.79 bits per heavy atom. The van der Waals surface area contributed by atoms with Crippen LogP contribution in [0.5, 0.6) is 0 Å². The fraction of sp³-hybridized carbons (Fsp3) is 0.368. The second-order valence-corrected chi connectivity index (χ2v) is 6.77. The van der Waals surface area contributed by atoms with Gasteiger partial charge in [-0.1, -0.05) is 23.7 Å². The van der Waals surface area contributed by atoms with Gasteiger partial charge in [0.2, 0.25) is 0 Å². The van der Waals surface area contributed by atoms with Gasteiger partial charge >= 0.3 is 0 Å². The monoisotopic (exact) mass is 344 g/mol. The zero-order chi connectivity index (χ0) is 17.1. The molecule has 0 spiro atoms. The molecule has 1 N–H and O–H groups in total. The predicted molar refractivity (Wildman–Crippen MR) is 94.1 cm³/mol. The summed E-state index contributed by atoms with van der Waals surface area (Å²) >= 11 is 5.92. The molecule has 0 bridgehead atoms. The highest BCUT2D eigenvalue weighted by Crippen LogP contribution is 2.24. The molecule has 5 heteroatoms. The largest absolute Gasteiger partial charge is 0.393 e. The number of piperidine rings is 1. The van der Waals surface area contributed by atoms with E-state index in [1.54, 1.807) is 12.3 Å². The maximum absolute atomic E-state index is 12.8. The Morgan fingerprint density at radius 1 is 1.33 bits per heavy atom. The molecule has 2 heterocycles. The molecule has 0 unspecified atom stereocenters. The van der Waals surface area contributed by atoms with Gasteiger partial charge in [0.1, 0.15) is 0 Å². The summed E-state index contributed by atoms with van der Waals surface area (Å²) in [4.78, 5) is 18.8. The van der Waals surface area contributed by atoms with E-state index < -0.39 is 0 Å². The molecule has 1 amide bonds. The van der Waals surface area contributed by atoms with Crippen LogP contribution in [0.4, 0.5) is 0 Å². The molecule has 2 aromatic rings. The second-order valence-electron chi connectivity index (χ2n) is 6.33. The number of pyridine rings is 1. The fourth-order valence-electron chi connectivity index (χ4n) is 3.21. The van der Waals surface area contributed by atoms with Gasteiger partial charge in [0.15, 0.2) is 0 Å². The lowest BCUT2D eigenvalue weighted by Crippen LogP contribution is -2.46. The Morgan fingerprint density at radius 2 is 2.08 bits per heavy atom. The number of amides is 1. The van der Waals surface area contributed by atoms with Crippen LogP contribution in [-0.4, -0.2) is 40.1 Å². The molecule has 1 saturated heterocycles. The number of likely N-dealkylation sites (tertiary alicyclic amines) is 1. The molecule has 3 rings (SSSR count). The van der Waals surface area contributed by atoms with Crippen LogP contribution in [0.3, 0.4) is 0 Å². The minimum absolute atomic E-state index is 0.00592. The molecule has 4 nitrogen and oxygen atoms in total. The predicted octanol–water partition coefficient (Wildman–Crippen LogP) is 3.11. The standard InChI is InChI=1S/C19H21ClN2O2/c1-13-17(3-2-9-21-13)19(24)22-10-8-18(23)15(12-22)11-14-4-6-16(20)7-5-14/h2-7,9,15,18,23H,8,10-12H2,1H3/t15-,18-/m1/s1. The molecule has 2 atom stereocenters. The third-order valence-corrected chi connectivity index (χ3v) is 4.88. The summed E-state index contributed by atoms with van der Waals surface area (Å²) < 4.78 is 0. The summed E-state index contributed by atoms with van der Waals surface area (Å²) in [6.07, 6.45) is 2.63. The Labute approximate surface area is 147 Å². The Kier molecular flexibility index (Phi) is 5.17. The number of aromatic nitrogens is 1. The number of benzene rings is 1. The van der Waals surface area contributed by atoms with Crippen LogP contribution in [0.1, 0.15) is 28.0 Å². The lowest BCUT2D eigenvalue weighted by Gasteiger charge is -2.36. The van der Waals surface area contributed by atoms with Crippen molar-refractivity contribution in [1.82, 2.24) is 9.88 Å². The van der Waals surface area contributed by atoms with Crippen molar-refractivity contribution in [3.63, 3.8) is 0 Å². The van der Waals surface area contributed by atoms with Gasteiger partial charge in [-0.15, -0.1) is 0 Å². The zero-order valence-corrected chi connectivity index (χ0v) is 14.4. The molecule has 1 aliphatic heterocycles. The van der Waals surface area contributed by atoms with Gasteiger partial charge in [0.25, 0.3) is 5.91 Å². The first-order valence-corrected chi connectivity index (χ1v) is 8.56. The van der Waals surface area contributed by atoms with E-state index in [1.807, 2.05) is 42.2 Å². The fourth-order valence-corrected chi connectivity index (χ4v) is 3.33. The zero-order valence-electron chi connectivity index (χ0n) is 13.7. The van der Waals surface area contributed by atoms with E-state index in [9.17, 15) is 9.90 Å². The number of hydrogen-bond acceptors (Lipinski definition) is 3. The van der Waals surface area contributed by atoms with Gasteiger partial charge in [-0.05, 0) is 49.6 Å². The molecule has 0 saturated carbocycles. The van der Waals surface area contributed by atoms with E-state index in [0.29, 0.717) is 30.1 Å². The van der Waals surface area contributed by atoms with Gasteiger partial charge in [0, 0.05) is 35.9 Å². The Hall–Kier alpha value is -1.91. The highest BCUT2D eigenvalue weighted by Gasteiger charge is 2.31. The summed E-state index contributed by atoms with van der Waals surface area (Å²) in [5.74, 6) is 0.0226. The van der Waals surface area contributed by atoms with Crippen molar-refractivity contribution in [3.8, 4) is 0 Å². The molecule has 126 valence electrons. The number of hydrogen-bond donors (Lipinski definition) is 1. The topological polar surface area (TPSA) is 53.4 Å². The molecular weight excluding hydrogens is 324 g/mol. The average Bonchev–Trinajstić information content (AvgIpc) is 2.59. The van der Waals surface area contributed by atoms with Crippen LogP contribution in [0.15, 0.2) is 42.6 Å². The van der Waals surface area contributed by atoms with E-state index in [2.05, 4.69) is 4.98 Å². The summed E-state index contributed by atoms with van der Waals surface area (Å²) in [5, 5.41) is 11.0. The highest BCUT2D eigenvalue weighted by molar-refractivity contribution is 6.30.